The van der Waals surface area contributed by atoms with Gasteiger partial charge in [0.1, 0.15) is 0 Å². The highest BCUT2D eigenvalue weighted by Crippen LogP contribution is 2.43. The summed E-state index contributed by atoms with van der Waals surface area (Å²) in [5, 5.41) is 13.6. The van der Waals surface area contributed by atoms with Gasteiger partial charge >= 0.3 is 0 Å². The largest absolute Gasteiger partial charge is 0.385 e. The fourth-order valence-corrected chi connectivity index (χ4v) is 3.68. The third-order valence-electron chi connectivity index (χ3n) is 5.09. The Bertz CT molecular complexity index is 586. The maximum absolute atomic E-state index is 11.1. The number of hydrogen-bond acceptors (Lipinski definition) is 1. The summed E-state index contributed by atoms with van der Waals surface area (Å²) in [5.74, 6) is 1.50. The van der Waals surface area contributed by atoms with Gasteiger partial charge in [-0.3, -0.25) is 0 Å². The van der Waals surface area contributed by atoms with Gasteiger partial charge in [-0.15, -0.1) is 0 Å². The Kier molecular flexibility index (Phi) is 3.55. The molecule has 0 atom stereocenters. The molecule has 1 nitrogen and oxygen atoms in total. The molecule has 0 amide bonds. The predicted molar refractivity (Wildman–Crippen MR) is 84.6 cm³/mol. The van der Waals surface area contributed by atoms with Gasteiger partial charge in [0, 0.05) is 0 Å². The summed E-state index contributed by atoms with van der Waals surface area (Å²) in [5.41, 5.74) is 0.490. The lowest BCUT2D eigenvalue weighted by Gasteiger charge is -2.38. The van der Waals surface area contributed by atoms with Crippen molar-refractivity contribution in [3.05, 3.63) is 48.0 Å². The van der Waals surface area contributed by atoms with E-state index >= 15 is 0 Å². The lowest BCUT2D eigenvalue weighted by Crippen LogP contribution is -2.33. The molecule has 1 fully saturated rings. The van der Waals surface area contributed by atoms with Crippen LogP contribution in [0, 0.1) is 11.8 Å². The molecular formula is C19H24O. The summed E-state index contributed by atoms with van der Waals surface area (Å²) in [6.45, 7) is 4.60. The van der Waals surface area contributed by atoms with E-state index < -0.39 is 5.60 Å². The molecule has 1 aliphatic carbocycles. The van der Waals surface area contributed by atoms with E-state index in [2.05, 4.69) is 56.3 Å². The van der Waals surface area contributed by atoms with Crippen LogP contribution in [0.2, 0.25) is 0 Å². The van der Waals surface area contributed by atoms with Gasteiger partial charge in [0.15, 0.2) is 0 Å². The summed E-state index contributed by atoms with van der Waals surface area (Å²) in [4.78, 5) is 0. The van der Waals surface area contributed by atoms with Crippen LogP contribution in [0.1, 0.15) is 45.1 Å². The maximum atomic E-state index is 11.1. The topological polar surface area (TPSA) is 20.2 Å². The van der Waals surface area contributed by atoms with Crippen molar-refractivity contribution in [2.24, 2.45) is 11.8 Å². The highest BCUT2D eigenvalue weighted by molar-refractivity contribution is 5.86. The Morgan fingerprint density at radius 1 is 1.00 bits per heavy atom. The maximum Gasteiger partial charge on any atom is 0.0902 e. The second kappa shape index (κ2) is 5.21. The molecule has 20 heavy (non-hydrogen) atoms. The normalized spacial score (nSPS) is 27.1. The molecule has 0 radical (unpaired) electrons. The molecule has 0 bridgehead atoms. The van der Waals surface area contributed by atoms with Crippen molar-refractivity contribution in [1.82, 2.24) is 0 Å². The van der Waals surface area contributed by atoms with Crippen LogP contribution in [0.3, 0.4) is 0 Å². The minimum atomic E-state index is -0.633. The standard InChI is InChI=1S/C19H24O/c1-14(2)15-10-12-19(20,13-11-15)18-9-5-7-16-6-3-4-8-17(16)18/h3-9,14-15,20H,10-13H2,1-2H3. The Morgan fingerprint density at radius 2 is 1.65 bits per heavy atom. The predicted octanol–water partition coefficient (Wildman–Crippen LogP) is 4.87. The molecule has 1 saturated carbocycles. The van der Waals surface area contributed by atoms with Crippen molar-refractivity contribution in [2.45, 2.75) is 45.1 Å². The minimum Gasteiger partial charge on any atom is -0.385 e. The van der Waals surface area contributed by atoms with Crippen molar-refractivity contribution in [3.8, 4) is 0 Å². The number of rotatable bonds is 2. The van der Waals surface area contributed by atoms with Crippen molar-refractivity contribution in [3.63, 3.8) is 0 Å². The van der Waals surface area contributed by atoms with Crippen molar-refractivity contribution in [1.29, 1.82) is 0 Å². The third-order valence-corrected chi connectivity index (χ3v) is 5.09. The smallest absolute Gasteiger partial charge is 0.0902 e. The average Bonchev–Trinajstić information content (AvgIpc) is 2.47. The molecule has 0 unspecified atom stereocenters. The van der Waals surface area contributed by atoms with Crippen LogP contribution in [0.25, 0.3) is 10.8 Å². The molecular weight excluding hydrogens is 244 g/mol. The summed E-state index contributed by atoms with van der Waals surface area (Å²) < 4.78 is 0. The highest BCUT2D eigenvalue weighted by Gasteiger charge is 2.36. The van der Waals surface area contributed by atoms with Gasteiger partial charge in [-0.25, -0.2) is 0 Å². The minimum absolute atomic E-state index is 0.633. The van der Waals surface area contributed by atoms with Crippen LogP contribution >= 0.6 is 0 Å². The van der Waals surface area contributed by atoms with Gasteiger partial charge in [0.05, 0.1) is 5.60 Å². The number of hydrogen-bond donors (Lipinski definition) is 1. The van der Waals surface area contributed by atoms with Gasteiger partial charge < -0.3 is 5.11 Å². The zero-order valence-electron chi connectivity index (χ0n) is 12.5. The molecule has 1 N–H and O–H groups in total. The Labute approximate surface area is 121 Å². The van der Waals surface area contributed by atoms with Crippen molar-refractivity contribution >= 4 is 10.8 Å². The van der Waals surface area contributed by atoms with E-state index in [-0.39, 0.29) is 0 Å². The molecule has 0 heterocycles. The van der Waals surface area contributed by atoms with E-state index in [9.17, 15) is 5.11 Å². The van der Waals surface area contributed by atoms with Crippen LogP contribution in [-0.4, -0.2) is 5.11 Å². The van der Waals surface area contributed by atoms with Crippen LogP contribution in [-0.2, 0) is 5.60 Å². The van der Waals surface area contributed by atoms with Crippen LogP contribution in [0.5, 0.6) is 0 Å². The molecule has 2 aromatic rings. The van der Waals surface area contributed by atoms with Gasteiger partial charge in [0.25, 0.3) is 0 Å². The summed E-state index contributed by atoms with van der Waals surface area (Å²) in [6.07, 6.45) is 4.06. The molecule has 0 aromatic heterocycles. The molecule has 1 heteroatoms. The first kappa shape index (κ1) is 13.6. The first-order valence-corrected chi connectivity index (χ1v) is 7.81. The summed E-state index contributed by atoms with van der Waals surface area (Å²) >= 11 is 0. The highest BCUT2D eigenvalue weighted by atomic mass is 16.3. The van der Waals surface area contributed by atoms with Crippen molar-refractivity contribution < 1.29 is 5.11 Å². The van der Waals surface area contributed by atoms with Crippen LogP contribution in [0.4, 0.5) is 0 Å². The van der Waals surface area contributed by atoms with Crippen LogP contribution < -0.4 is 0 Å². The van der Waals surface area contributed by atoms with E-state index in [1.165, 1.54) is 10.8 Å². The van der Waals surface area contributed by atoms with Gasteiger partial charge in [-0.2, -0.15) is 0 Å². The number of benzene rings is 2. The van der Waals surface area contributed by atoms with E-state index in [1.807, 2.05) is 0 Å². The SMILES string of the molecule is CC(C)C1CCC(O)(c2cccc3ccccc23)CC1. The van der Waals surface area contributed by atoms with E-state index in [1.54, 1.807) is 0 Å². The molecule has 1 aliphatic rings. The summed E-state index contributed by atoms with van der Waals surface area (Å²) in [6, 6.07) is 14.7. The number of fused-ring (bicyclic) bond motifs is 1. The first-order valence-electron chi connectivity index (χ1n) is 7.81. The lowest BCUT2D eigenvalue weighted by atomic mass is 9.71. The Morgan fingerprint density at radius 3 is 2.35 bits per heavy atom. The fourth-order valence-electron chi connectivity index (χ4n) is 3.68. The quantitative estimate of drug-likeness (QED) is 0.823. The molecule has 0 saturated heterocycles. The van der Waals surface area contributed by atoms with E-state index in [0.29, 0.717) is 0 Å². The molecule has 106 valence electrons. The van der Waals surface area contributed by atoms with Crippen LogP contribution in [0.15, 0.2) is 42.5 Å². The zero-order valence-corrected chi connectivity index (χ0v) is 12.5. The molecule has 3 rings (SSSR count). The lowest BCUT2D eigenvalue weighted by molar-refractivity contribution is -0.0187. The second-order valence-corrected chi connectivity index (χ2v) is 6.64. The zero-order chi connectivity index (χ0) is 14.2. The van der Waals surface area contributed by atoms with Gasteiger partial charge in [-0.05, 0) is 53.9 Å². The molecule has 0 aliphatic heterocycles. The Balaban J connectivity index is 1.95. The van der Waals surface area contributed by atoms with E-state index in [4.69, 9.17) is 0 Å². The second-order valence-electron chi connectivity index (χ2n) is 6.64. The summed E-state index contributed by atoms with van der Waals surface area (Å²) in [7, 11) is 0. The average molecular weight is 268 g/mol. The van der Waals surface area contributed by atoms with E-state index in [0.717, 1.165) is 43.1 Å². The first-order chi connectivity index (χ1) is 9.60. The molecule has 0 spiro atoms. The molecule has 2 aromatic carbocycles. The monoisotopic (exact) mass is 268 g/mol. The number of aliphatic hydroxyl groups is 1. The Hall–Kier alpha value is -1.34. The fraction of sp³-hybridized carbons (Fsp3) is 0.474. The van der Waals surface area contributed by atoms with Crippen molar-refractivity contribution in [2.75, 3.05) is 0 Å². The van der Waals surface area contributed by atoms with Gasteiger partial charge in [-0.1, -0.05) is 56.3 Å². The van der Waals surface area contributed by atoms with Gasteiger partial charge in [0.2, 0.25) is 0 Å². The third kappa shape index (κ3) is 2.35.